The van der Waals surface area contributed by atoms with E-state index in [0.29, 0.717) is 11.9 Å². The molecule has 1 fully saturated rings. The number of rotatable bonds is 6. The van der Waals surface area contributed by atoms with Crippen LogP contribution in [0.2, 0.25) is 0 Å². The van der Waals surface area contributed by atoms with E-state index in [1.165, 1.54) is 30.9 Å². The van der Waals surface area contributed by atoms with Crippen molar-refractivity contribution in [2.45, 2.75) is 65.0 Å². The lowest BCUT2D eigenvalue weighted by Crippen LogP contribution is -2.31. The number of aromatic nitrogens is 3. The molecule has 0 radical (unpaired) electrons. The van der Waals surface area contributed by atoms with Crippen LogP contribution in [0.4, 0.5) is 0 Å². The molecule has 2 aliphatic rings. The van der Waals surface area contributed by atoms with Gasteiger partial charge in [-0.2, -0.15) is 0 Å². The first-order valence-electron chi connectivity index (χ1n) is 12.5. The van der Waals surface area contributed by atoms with Crippen molar-refractivity contribution in [3.8, 4) is 0 Å². The van der Waals surface area contributed by atoms with Crippen molar-refractivity contribution in [3.63, 3.8) is 0 Å². The molecule has 0 atom stereocenters. The fourth-order valence-electron chi connectivity index (χ4n) is 4.89. The number of allylic oxidation sites excluding steroid dienone is 3. The van der Waals surface area contributed by atoms with Crippen molar-refractivity contribution in [1.82, 2.24) is 19.4 Å². The standard InChI is InChI=1S/C28H36N6O/c1-19(20(2)28-30-12-10-27(35)33(28)4)21(3)34-13-11-26-23(18-34)14-22(16-32-26)24(15-29)17-31-25-8-6-5-7-9-25/h10,12,14-17,25H,3,5-9,11,13,18,29H2,1-2,4H3/b20-19-,24-15+,31-17?. The van der Waals surface area contributed by atoms with E-state index in [4.69, 9.17) is 15.7 Å². The molecule has 2 N–H and O–H groups in total. The van der Waals surface area contributed by atoms with Crippen LogP contribution in [0, 0.1) is 0 Å². The second-order valence-electron chi connectivity index (χ2n) is 9.56. The van der Waals surface area contributed by atoms with Gasteiger partial charge in [-0.25, -0.2) is 4.98 Å². The molecule has 0 bridgehead atoms. The molecular formula is C28H36N6O. The van der Waals surface area contributed by atoms with Crippen LogP contribution in [0.5, 0.6) is 0 Å². The summed E-state index contributed by atoms with van der Waals surface area (Å²) in [5, 5.41) is 0. The van der Waals surface area contributed by atoms with E-state index in [9.17, 15) is 4.79 Å². The van der Waals surface area contributed by atoms with Crippen molar-refractivity contribution in [2.75, 3.05) is 6.54 Å². The second kappa shape index (κ2) is 10.8. The SMILES string of the molecule is C=C(/C(C)=C(/C)c1nccc(=O)n1C)N1CCc2ncc(/C(C=NC3CCCCC3)=C/N)cc2C1. The number of aliphatic imine (C=N–C) groups is 1. The first-order valence-corrected chi connectivity index (χ1v) is 12.5. The maximum absolute atomic E-state index is 12.1. The predicted octanol–water partition coefficient (Wildman–Crippen LogP) is 4.24. The highest BCUT2D eigenvalue weighted by molar-refractivity contribution is 6.09. The molecule has 0 spiro atoms. The van der Waals surface area contributed by atoms with Crippen molar-refractivity contribution >= 4 is 17.4 Å². The smallest absolute Gasteiger partial charge is 0.253 e. The van der Waals surface area contributed by atoms with Crippen LogP contribution in [0.15, 0.2) is 58.4 Å². The van der Waals surface area contributed by atoms with E-state index in [1.54, 1.807) is 24.0 Å². The van der Waals surface area contributed by atoms with Gasteiger partial charge in [-0.15, -0.1) is 0 Å². The summed E-state index contributed by atoms with van der Waals surface area (Å²) in [5.74, 6) is 0.660. The van der Waals surface area contributed by atoms with Crippen LogP contribution >= 0.6 is 0 Å². The normalized spacial score (nSPS) is 17.9. The lowest BCUT2D eigenvalue weighted by molar-refractivity contribution is 0.326. The van der Waals surface area contributed by atoms with Gasteiger partial charge in [0.2, 0.25) is 0 Å². The van der Waals surface area contributed by atoms with E-state index in [2.05, 4.69) is 22.5 Å². The van der Waals surface area contributed by atoms with Crippen LogP contribution < -0.4 is 11.3 Å². The molecule has 184 valence electrons. The van der Waals surface area contributed by atoms with Gasteiger partial charge in [0.15, 0.2) is 0 Å². The summed E-state index contributed by atoms with van der Waals surface area (Å²) in [6, 6.07) is 4.05. The van der Waals surface area contributed by atoms with Crippen molar-refractivity contribution in [3.05, 3.63) is 81.6 Å². The third-order valence-corrected chi connectivity index (χ3v) is 7.33. The molecule has 7 heteroatoms. The van der Waals surface area contributed by atoms with Gasteiger partial charge in [0, 0.05) is 86.0 Å². The highest BCUT2D eigenvalue weighted by Crippen LogP contribution is 2.28. The van der Waals surface area contributed by atoms with E-state index in [0.717, 1.165) is 66.0 Å². The molecule has 1 aliphatic carbocycles. The Morgan fingerprint density at radius 3 is 2.74 bits per heavy atom. The van der Waals surface area contributed by atoms with Crippen molar-refractivity contribution < 1.29 is 0 Å². The summed E-state index contributed by atoms with van der Waals surface area (Å²) in [6.07, 6.45) is 14.0. The van der Waals surface area contributed by atoms with Crippen LogP contribution in [0.3, 0.4) is 0 Å². The highest BCUT2D eigenvalue weighted by Gasteiger charge is 2.21. The molecule has 2 aromatic rings. The number of nitrogens with two attached hydrogens (primary N) is 1. The number of hydrogen-bond acceptors (Lipinski definition) is 6. The average Bonchev–Trinajstić information content (AvgIpc) is 2.89. The topological polar surface area (TPSA) is 89.4 Å². The zero-order valence-electron chi connectivity index (χ0n) is 21.1. The summed E-state index contributed by atoms with van der Waals surface area (Å²) < 4.78 is 1.57. The minimum Gasteiger partial charge on any atom is -0.404 e. The van der Waals surface area contributed by atoms with Gasteiger partial charge in [-0.3, -0.25) is 19.3 Å². The minimum absolute atomic E-state index is 0.0749. The fourth-order valence-corrected chi connectivity index (χ4v) is 4.89. The maximum Gasteiger partial charge on any atom is 0.253 e. The van der Waals surface area contributed by atoms with Crippen LogP contribution in [-0.2, 0) is 20.0 Å². The molecule has 7 nitrogen and oxygen atoms in total. The Kier molecular flexibility index (Phi) is 7.63. The van der Waals surface area contributed by atoms with Crippen molar-refractivity contribution in [2.24, 2.45) is 17.8 Å². The lowest BCUT2D eigenvalue weighted by atomic mass is 9.96. The van der Waals surface area contributed by atoms with Gasteiger partial charge < -0.3 is 10.6 Å². The summed E-state index contributed by atoms with van der Waals surface area (Å²) in [6.45, 7) is 9.97. The Balaban J connectivity index is 1.53. The van der Waals surface area contributed by atoms with Crippen molar-refractivity contribution in [1.29, 1.82) is 0 Å². The van der Waals surface area contributed by atoms with E-state index in [-0.39, 0.29) is 5.56 Å². The Morgan fingerprint density at radius 1 is 1.23 bits per heavy atom. The molecule has 4 rings (SSSR count). The molecule has 0 aromatic carbocycles. The Morgan fingerprint density at radius 2 is 2.00 bits per heavy atom. The fraction of sp³-hybridized carbons (Fsp3) is 0.429. The van der Waals surface area contributed by atoms with E-state index < -0.39 is 0 Å². The average molecular weight is 473 g/mol. The first kappa shape index (κ1) is 24.6. The number of hydrogen-bond donors (Lipinski definition) is 1. The summed E-state index contributed by atoms with van der Waals surface area (Å²) in [4.78, 5) is 28.3. The number of pyridine rings is 1. The maximum atomic E-state index is 12.1. The number of fused-ring (bicyclic) bond motifs is 1. The van der Waals surface area contributed by atoms with E-state index in [1.807, 2.05) is 26.3 Å². The molecule has 3 heterocycles. The van der Waals surface area contributed by atoms with E-state index >= 15 is 0 Å². The molecule has 0 amide bonds. The van der Waals surface area contributed by atoms with Gasteiger partial charge in [-0.05, 0) is 49.5 Å². The van der Waals surface area contributed by atoms with Gasteiger partial charge in [0.1, 0.15) is 5.82 Å². The molecule has 2 aromatic heterocycles. The Labute approximate surface area is 207 Å². The number of nitrogens with zero attached hydrogens (tertiary/aromatic N) is 5. The molecular weight excluding hydrogens is 436 g/mol. The monoisotopic (exact) mass is 472 g/mol. The lowest BCUT2D eigenvalue weighted by Gasteiger charge is -2.33. The summed E-state index contributed by atoms with van der Waals surface area (Å²) in [7, 11) is 1.74. The first-order chi connectivity index (χ1) is 16.9. The second-order valence-corrected chi connectivity index (χ2v) is 9.56. The van der Waals surface area contributed by atoms with Crippen LogP contribution in [-0.4, -0.2) is 38.2 Å². The van der Waals surface area contributed by atoms with Gasteiger partial charge >= 0.3 is 0 Å². The molecule has 1 saturated carbocycles. The Bertz CT molecular complexity index is 1250. The molecule has 1 aliphatic heterocycles. The summed E-state index contributed by atoms with van der Waals surface area (Å²) >= 11 is 0. The van der Waals surface area contributed by atoms with Gasteiger partial charge in [0.25, 0.3) is 5.56 Å². The minimum atomic E-state index is -0.0749. The Hall–Kier alpha value is -3.48. The molecule has 35 heavy (non-hydrogen) atoms. The van der Waals surface area contributed by atoms with Crippen LogP contribution in [0.25, 0.3) is 11.1 Å². The zero-order chi connectivity index (χ0) is 24.9. The molecule has 0 saturated heterocycles. The highest BCUT2D eigenvalue weighted by atomic mass is 16.1. The largest absolute Gasteiger partial charge is 0.404 e. The quantitative estimate of drug-likeness (QED) is 0.502. The molecule has 0 unspecified atom stereocenters. The van der Waals surface area contributed by atoms with Crippen LogP contribution in [0.1, 0.15) is 68.6 Å². The van der Waals surface area contributed by atoms with Gasteiger partial charge in [-0.1, -0.05) is 25.8 Å². The summed E-state index contributed by atoms with van der Waals surface area (Å²) in [5.41, 5.74) is 13.0. The third kappa shape index (κ3) is 5.45. The third-order valence-electron chi connectivity index (χ3n) is 7.33. The predicted molar refractivity (Wildman–Crippen MR) is 143 cm³/mol. The van der Waals surface area contributed by atoms with Gasteiger partial charge in [0.05, 0.1) is 0 Å². The zero-order valence-corrected chi connectivity index (χ0v) is 21.1.